The molecule has 0 spiro atoms. The zero-order valence-corrected chi connectivity index (χ0v) is 13.4. The van der Waals surface area contributed by atoms with Gasteiger partial charge in [0.15, 0.2) is 0 Å². The minimum absolute atomic E-state index is 0.0330. The topological polar surface area (TPSA) is 74.8 Å². The van der Waals surface area contributed by atoms with Crippen LogP contribution in [0.4, 0.5) is 0 Å². The summed E-state index contributed by atoms with van der Waals surface area (Å²) < 4.78 is 0.655. The SMILES string of the molecule is Cc1ccc(C(=O)NC2CC2)cc1-c1cc2cn[nH]c(=O)c2s1. The Balaban J connectivity index is 1.78. The molecule has 1 aliphatic rings. The Morgan fingerprint density at radius 2 is 2.17 bits per heavy atom. The fraction of sp³-hybridized carbons (Fsp3) is 0.235. The van der Waals surface area contributed by atoms with Crippen LogP contribution in [0.5, 0.6) is 0 Å². The summed E-state index contributed by atoms with van der Waals surface area (Å²) in [6, 6.07) is 7.98. The molecular weight excluding hydrogens is 310 g/mol. The Kier molecular flexibility index (Phi) is 3.27. The molecule has 0 unspecified atom stereocenters. The summed E-state index contributed by atoms with van der Waals surface area (Å²) in [6.07, 6.45) is 3.78. The number of H-pyrrole nitrogens is 1. The lowest BCUT2D eigenvalue weighted by atomic mass is 10.0. The van der Waals surface area contributed by atoms with E-state index in [2.05, 4.69) is 15.5 Å². The zero-order valence-electron chi connectivity index (χ0n) is 12.6. The Bertz CT molecular complexity index is 969. The second-order valence-corrected chi connectivity index (χ2v) is 6.92. The number of benzene rings is 1. The van der Waals surface area contributed by atoms with E-state index >= 15 is 0 Å². The van der Waals surface area contributed by atoms with Gasteiger partial charge in [-0.2, -0.15) is 5.10 Å². The van der Waals surface area contributed by atoms with E-state index in [4.69, 9.17) is 0 Å². The first-order chi connectivity index (χ1) is 11.1. The number of thiophene rings is 1. The number of aromatic amines is 1. The maximum atomic E-state index is 12.2. The van der Waals surface area contributed by atoms with E-state index < -0.39 is 0 Å². The molecule has 4 rings (SSSR count). The van der Waals surface area contributed by atoms with Crippen LogP contribution < -0.4 is 10.9 Å². The van der Waals surface area contributed by atoms with Crippen LogP contribution in [0.1, 0.15) is 28.8 Å². The number of rotatable bonds is 3. The maximum Gasteiger partial charge on any atom is 0.282 e. The standard InChI is InChI=1S/C17H15N3O2S/c1-9-2-3-10(16(21)19-12-4-5-12)6-13(9)14-7-11-8-18-20-17(22)15(11)23-14/h2-3,6-8,12H,4-5H2,1H3,(H,19,21)(H,20,22). The number of fused-ring (bicyclic) bond motifs is 1. The lowest BCUT2D eigenvalue weighted by Crippen LogP contribution is -2.25. The number of aryl methyl sites for hydroxylation is 1. The Labute approximate surface area is 136 Å². The van der Waals surface area contributed by atoms with E-state index in [0.717, 1.165) is 34.2 Å². The summed E-state index contributed by atoms with van der Waals surface area (Å²) in [5.74, 6) is -0.0330. The van der Waals surface area contributed by atoms with Gasteiger partial charge in [0.25, 0.3) is 11.5 Å². The third-order valence-corrected chi connectivity index (χ3v) is 5.20. The molecule has 0 aliphatic heterocycles. The minimum atomic E-state index is -0.181. The van der Waals surface area contributed by atoms with Crippen LogP contribution in [-0.2, 0) is 0 Å². The van der Waals surface area contributed by atoms with Crippen molar-refractivity contribution in [2.45, 2.75) is 25.8 Å². The lowest BCUT2D eigenvalue weighted by Gasteiger charge is -2.08. The van der Waals surface area contributed by atoms with Crippen molar-refractivity contribution in [1.82, 2.24) is 15.5 Å². The van der Waals surface area contributed by atoms with Gasteiger partial charge in [0.05, 0.1) is 6.20 Å². The van der Waals surface area contributed by atoms with Gasteiger partial charge >= 0.3 is 0 Å². The molecule has 3 aromatic rings. The van der Waals surface area contributed by atoms with Crippen molar-refractivity contribution < 1.29 is 4.79 Å². The fourth-order valence-corrected chi connectivity index (χ4v) is 3.65. The smallest absolute Gasteiger partial charge is 0.282 e. The average Bonchev–Trinajstić information content (AvgIpc) is 3.23. The highest BCUT2D eigenvalue weighted by Crippen LogP contribution is 2.34. The van der Waals surface area contributed by atoms with Gasteiger partial charge in [0.1, 0.15) is 4.70 Å². The number of hydrogen-bond acceptors (Lipinski definition) is 4. The van der Waals surface area contributed by atoms with Crippen molar-refractivity contribution in [2.75, 3.05) is 0 Å². The summed E-state index contributed by atoms with van der Waals surface area (Å²) in [7, 11) is 0. The molecule has 1 fully saturated rings. The van der Waals surface area contributed by atoms with Crippen molar-refractivity contribution in [2.24, 2.45) is 0 Å². The normalized spacial score (nSPS) is 14.1. The molecular formula is C17H15N3O2S. The van der Waals surface area contributed by atoms with Crippen molar-refractivity contribution in [3.05, 3.63) is 51.9 Å². The van der Waals surface area contributed by atoms with Gasteiger partial charge in [0.2, 0.25) is 0 Å². The molecule has 1 aliphatic carbocycles. The number of nitrogens with one attached hydrogen (secondary N) is 2. The first-order valence-corrected chi connectivity index (χ1v) is 8.32. The number of hydrogen-bond donors (Lipinski definition) is 2. The summed E-state index contributed by atoms with van der Waals surface area (Å²) in [6.45, 7) is 2.00. The number of carbonyl (C=O) groups is 1. The van der Waals surface area contributed by atoms with Gasteiger partial charge in [-0.25, -0.2) is 5.10 Å². The Morgan fingerprint density at radius 1 is 1.35 bits per heavy atom. The molecule has 1 aromatic carbocycles. The van der Waals surface area contributed by atoms with Gasteiger partial charge in [-0.1, -0.05) is 6.07 Å². The second kappa shape index (κ2) is 5.31. The summed E-state index contributed by atoms with van der Waals surface area (Å²) >= 11 is 1.42. The van der Waals surface area contributed by atoms with Gasteiger partial charge < -0.3 is 5.32 Å². The van der Waals surface area contributed by atoms with Crippen LogP contribution in [0.25, 0.3) is 20.5 Å². The number of aromatic nitrogens is 2. The van der Waals surface area contributed by atoms with E-state index in [9.17, 15) is 9.59 Å². The van der Waals surface area contributed by atoms with Crippen LogP contribution >= 0.6 is 11.3 Å². The third kappa shape index (κ3) is 2.66. The molecule has 5 nitrogen and oxygen atoms in total. The van der Waals surface area contributed by atoms with Gasteiger partial charge in [-0.3, -0.25) is 9.59 Å². The van der Waals surface area contributed by atoms with Crippen molar-refractivity contribution in [3.63, 3.8) is 0 Å². The van der Waals surface area contributed by atoms with Crippen molar-refractivity contribution in [3.8, 4) is 10.4 Å². The highest BCUT2D eigenvalue weighted by molar-refractivity contribution is 7.22. The second-order valence-electron chi connectivity index (χ2n) is 5.87. The highest BCUT2D eigenvalue weighted by atomic mass is 32.1. The van der Waals surface area contributed by atoms with Crippen LogP contribution in [0.3, 0.4) is 0 Å². The Hall–Kier alpha value is -2.47. The molecule has 0 saturated heterocycles. The van der Waals surface area contributed by atoms with E-state index in [-0.39, 0.29) is 11.5 Å². The van der Waals surface area contributed by atoms with Crippen molar-refractivity contribution >= 4 is 27.3 Å². The molecule has 0 bridgehead atoms. The van der Waals surface area contributed by atoms with Gasteiger partial charge in [-0.05, 0) is 49.1 Å². The fourth-order valence-electron chi connectivity index (χ4n) is 2.55. The first-order valence-electron chi connectivity index (χ1n) is 7.51. The third-order valence-electron chi connectivity index (χ3n) is 4.01. The van der Waals surface area contributed by atoms with Crippen LogP contribution in [0.2, 0.25) is 0 Å². The predicted molar refractivity (Wildman–Crippen MR) is 90.9 cm³/mol. The maximum absolute atomic E-state index is 12.2. The first kappa shape index (κ1) is 14.1. The summed E-state index contributed by atoms with van der Waals surface area (Å²) in [5, 5.41) is 10.1. The van der Waals surface area contributed by atoms with Crippen LogP contribution in [0, 0.1) is 6.92 Å². The monoisotopic (exact) mass is 325 g/mol. The molecule has 23 heavy (non-hydrogen) atoms. The molecule has 1 saturated carbocycles. The molecule has 1 amide bonds. The van der Waals surface area contributed by atoms with Crippen LogP contribution in [-0.4, -0.2) is 22.1 Å². The van der Waals surface area contributed by atoms with E-state index in [1.165, 1.54) is 11.3 Å². The minimum Gasteiger partial charge on any atom is -0.349 e. The van der Waals surface area contributed by atoms with E-state index in [1.54, 1.807) is 6.20 Å². The van der Waals surface area contributed by atoms with Gasteiger partial charge in [0, 0.05) is 21.9 Å². The molecule has 0 radical (unpaired) electrons. The van der Waals surface area contributed by atoms with E-state index in [0.29, 0.717) is 16.3 Å². The highest BCUT2D eigenvalue weighted by Gasteiger charge is 2.24. The lowest BCUT2D eigenvalue weighted by molar-refractivity contribution is 0.0951. The quantitative estimate of drug-likeness (QED) is 0.777. The largest absolute Gasteiger partial charge is 0.349 e. The van der Waals surface area contributed by atoms with E-state index in [1.807, 2.05) is 31.2 Å². The number of amides is 1. The van der Waals surface area contributed by atoms with Gasteiger partial charge in [-0.15, -0.1) is 11.3 Å². The molecule has 2 N–H and O–H groups in total. The summed E-state index contributed by atoms with van der Waals surface area (Å²) in [4.78, 5) is 25.1. The predicted octanol–water partition coefficient (Wildman–Crippen LogP) is 2.85. The van der Waals surface area contributed by atoms with Crippen LogP contribution in [0.15, 0.2) is 35.3 Å². The average molecular weight is 325 g/mol. The Morgan fingerprint density at radius 3 is 2.91 bits per heavy atom. The molecule has 6 heteroatoms. The number of nitrogens with zero attached hydrogens (tertiary/aromatic N) is 1. The molecule has 0 atom stereocenters. The summed E-state index contributed by atoms with van der Waals surface area (Å²) in [5.41, 5.74) is 2.53. The molecule has 2 aromatic heterocycles. The molecule has 116 valence electrons. The zero-order chi connectivity index (χ0) is 16.0. The molecule has 2 heterocycles. The van der Waals surface area contributed by atoms with Crippen molar-refractivity contribution in [1.29, 1.82) is 0 Å². The number of carbonyl (C=O) groups excluding carboxylic acids is 1.